The number of hydrogen-bond acceptors (Lipinski definition) is 4. The summed E-state index contributed by atoms with van der Waals surface area (Å²) in [6.07, 6.45) is 1.18. The van der Waals surface area contributed by atoms with E-state index < -0.39 is 0 Å². The third kappa shape index (κ3) is 6.13. The lowest BCUT2D eigenvalue weighted by molar-refractivity contribution is 0.265. The highest BCUT2D eigenvalue weighted by Gasteiger charge is 2.31. The van der Waals surface area contributed by atoms with Crippen LogP contribution in [0.15, 0.2) is 29.3 Å². The van der Waals surface area contributed by atoms with Crippen LogP contribution in [-0.2, 0) is 0 Å². The number of guanidine groups is 1. The van der Waals surface area contributed by atoms with Gasteiger partial charge in [-0.2, -0.15) is 0 Å². The summed E-state index contributed by atoms with van der Waals surface area (Å²) in [6, 6.07) is 9.36. The van der Waals surface area contributed by atoms with Crippen LogP contribution in [0.4, 0.5) is 5.69 Å². The van der Waals surface area contributed by atoms with Crippen LogP contribution in [0.5, 0.6) is 5.75 Å². The van der Waals surface area contributed by atoms with Crippen LogP contribution in [0.3, 0.4) is 0 Å². The van der Waals surface area contributed by atoms with Crippen molar-refractivity contribution in [3.63, 3.8) is 0 Å². The Morgan fingerprint density at radius 1 is 1.24 bits per heavy atom. The zero-order valence-corrected chi connectivity index (χ0v) is 20.8. The first-order valence-electron chi connectivity index (χ1n) is 10.6. The highest BCUT2D eigenvalue weighted by molar-refractivity contribution is 14.0. The lowest BCUT2D eigenvalue weighted by Gasteiger charge is -2.23. The van der Waals surface area contributed by atoms with Gasteiger partial charge >= 0.3 is 0 Å². The largest absolute Gasteiger partial charge is 0.495 e. The maximum Gasteiger partial charge on any atom is 0.191 e. The summed E-state index contributed by atoms with van der Waals surface area (Å²) in [5.41, 5.74) is 1.20. The van der Waals surface area contributed by atoms with E-state index in [2.05, 4.69) is 58.3 Å². The van der Waals surface area contributed by atoms with Gasteiger partial charge < -0.3 is 20.3 Å². The fourth-order valence-electron chi connectivity index (χ4n) is 4.33. The van der Waals surface area contributed by atoms with Gasteiger partial charge in [-0.05, 0) is 44.2 Å². The molecule has 6 nitrogen and oxygen atoms in total. The van der Waals surface area contributed by atoms with Crippen molar-refractivity contribution in [1.82, 2.24) is 15.5 Å². The van der Waals surface area contributed by atoms with Gasteiger partial charge in [0, 0.05) is 51.9 Å². The molecule has 0 aromatic heterocycles. The summed E-state index contributed by atoms with van der Waals surface area (Å²) in [5.74, 6) is 3.13. The van der Waals surface area contributed by atoms with Gasteiger partial charge in [0.25, 0.3) is 0 Å². The second-order valence-corrected chi connectivity index (χ2v) is 8.50. The van der Waals surface area contributed by atoms with Crippen LogP contribution < -0.4 is 20.3 Å². The molecule has 0 bridgehead atoms. The van der Waals surface area contributed by atoms with Gasteiger partial charge in [-0.25, -0.2) is 0 Å². The van der Waals surface area contributed by atoms with Crippen molar-refractivity contribution < 1.29 is 4.74 Å². The van der Waals surface area contributed by atoms with Gasteiger partial charge in [-0.1, -0.05) is 19.1 Å². The van der Waals surface area contributed by atoms with Crippen LogP contribution in [-0.4, -0.2) is 69.8 Å². The molecule has 0 spiro atoms. The molecule has 1 aromatic rings. The molecule has 0 amide bonds. The minimum Gasteiger partial charge on any atom is -0.495 e. The van der Waals surface area contributed by atoms with Crippen molar-refractivity contribution in [3.8, 4) is 5.75 Å². The number of halogens is 1. The molecule has 3 rings (SSSR count). The molecular formula is C22H38IN5O. The van der Waals surface area contributed by atoms with E-state index >= 15 is 0 Å². The Morgan fingerprint density at radius 3 is 2.66 bits per heavy atom. The Morgan fingerprint density at radius 2 is 2.00 bits per heavy atom. The second-order valence-electron chi connectivity index (χ2n) is 8.50. The number of nitrogens with one attached hydrogen (secondary N) is 2. The molecule has 164 valence electrons. The zero-order valence-electron chi connectivity index (χ0n) is 18.5. The SMILES string of the molecule is CN=C(NCC1CCN(c2ccccc2OC)C1)NC1CN(C(C)C)CC1C.I. The van der Waals surface area contributed by atoms with Gasteiger partial charge in [0.1, 0.15) is 5.75 Å². The molecule has 3 unspecified atom stereocenters. The van der Waals surface area contributed by atoms with E-state index in [0.29, 0.717) is 23.9 Å². The highest BCUT2D eigenvalue weighted by Crippen LogP contribution is 2.31. The predicted molar refractivity (Wildman–Crippen MR) is 133 cm³/mol. The van der Waals surface area contributed by atoms with Gasteiger partial charge in [-0.3, -0.25) is 9.89 Å². The summed E-state index contributed by atoms with van der Waals surface area (Å²) in [5, 5.41) is 7.21. The molecule has 2 N–H and O–H groups in total. The molecule has 2 aliphatic rings. The third-order valence-corrected chi connectivity index (χ3v) is 6.19. The topological polar surface area (TPSA) is 52.1 Å². The molecule has 3 atom stereocenters. The van der Waals surface area contributed by atoms with E-state index in [0.717, 1.165) is 44.4 Å². The first kappa shape index (κ1) is 24.1. The van der Waals surface area contributed by atoms with Crippen molar-refractivity contribution in [2.45, 2.75) is 39.3 Å². The minimum absolute atomic E-state index is 0. The van der Waals surface area contributed by atoms with Crippen molar-refractivity contribution in [2.24, 2.45) is 16.8 Å². The predicted octanol–water partition coefficient (Wildman–Crippen LogP) is 3.03. The van der Waals surface area contributed by atoms with Crippen molar-refractivity contribution in [3.05, 3.63) is 24.3 Å². The number of rotatable bonds is 6. The van der Waals surface area contributed by atoms with Crippen LogP contribution in [0.25, 0.3) is 0 Å². The quantitative estimate of drug-likeness (QED) is 0.347. The number of para-hydroxylation sites is 2. The lowest BCUT2D eigenvalue weighted by atomic mass is 10.1. The van der Waals surface area contributed by atoms with Crippen LogP contribution >= 0.6 is 24.0 Å². The number of likely N-dealkylation sites (tertiary alicyclic amines) is 1. The normalized spacial score (nSPS) is 25.2. The molecule has 2 heterocycles. The number of ether oxygens (including phenoxy) is 1. The summed E-state index contributed by atoms with van der Waals surface area (Å²) >= 11 is 0. The maximum atomic E-state index is 5.53. The minimum atomic E-state index is 0. The van der Waals surface area contributed by atoms with E-state index in [-0.39, 0.29) is 24.0 Å². The first-order chi connectivity index (χ1) is 13.5. The molecule has 2 saturated heterocycles. The van der Waals surface area contributed by atoms with E-state index in [1.54, 1.807) is 7.11 Å². The number of hydrogen-bond donors (Lipinski definition) is 2. The molecular weight excluding hydrogens is 477 g/mol. The Balaban J connectivity index is 0.00000300. The van der Waals surface area contributed by atoms with Crippen LogP contribution in [0.2, 0.25) is 0 Å². The van der Waals surface area contributed by atoms with Crippen molar-refractivity contribution in [2.75, 3.05) is 51.8 Å². The average molecular weight is 515 g/mol. The average Bonchev–Trinajstić information content (AvgIpc) is 3.32. The number of nitrogens with zero attached hydrogens (tertiary/aromatic N) is 3. The van der Waals surface area contributed by atoms with Crippen molar-refractivity contribution >= 4 is 35.6 Å². The van der Waals surface area contributed by atoms with Gasteiger partial charge in [-0.15, -0.1) is 24.0 Å². The first-order valence-corrected chi connectivity index (χ1v) is 10.6. The third-order valence-electron chi connectivity index (χ3n) is 6.19. The zero-order chi connectivity index (χ0) is 20.1. The lowest BCUT2D eigenvalue weighted by Crippen LogP contribution is -2.48. The summed E-state index contributed by atoms with van der Waals surface area (Å²) in [7, 11) is 3.61. The van der Waals surface area contributed by atoms with Crippen LogP contribution in [0.1, 0.15) is 27.2 Å². The monoisotopic (exact) mass is 515 g/mol. The number of anilines is 1. The van der Waals surface area contributed by atoms with Gasteiger partial charge in [0.05, 0.1) is 12.8 Å². The Bertz CT molecular complexity index is 668. The van der Waals surface area contributed by atoms with Gasteiger partial charge in [0.15, 0.2) is 5.96 Å². The molecule has 29 heavy (non-hydrogen) atoms. The smallest absolute Gasteiger partial charge is 0.191 e. The number of aliphatic imine (C=N–C) groups is 1. The molecule has 1 aromatic carbocycles. The number of methoxy groups -OCH3 is 1. The Kier molecular flexibility index (Phi) is 9.33. The maximum absolute atomic E-state index is 5.53. The van der Waals surface area contributed by atoms with E-state index in [1.165, 1.54) is 12.1 Å². The standard InChI is InChI=1S/C22H37N5O.HI/c1-16(2)27-13-17(3)19(15-27)25-22(23-4)24-12-18-10-11-26(14-18)20-8-6-7-9-21(20)28-5;/h6-9,16-19H,10-15H2,1-5H3,(H2,23,24,25);1H. The molecule has 0 aliphatic carbocycles. The highest BCUT2D eigenvalue weighted by atomic mass is 127. The molecule has 2 aliphatic heterocycles. The van der Waals surface area contributed by atoms with E-state index in [1.807, 2.05) is 19.2 Å². The van der Waals surface area contributed by atoms with Crippen LogP contribution in [0, 0.1) is 11.8 Å². The Labute approximate surface area is 193 Å². The van der Waals surface area contributed by atoms with Gasteiger partial charge in [0.2, 0.25) is 0 Å². The summed E-state index contributed by atoms with van der Waals surface area (Å²) in [4.78, 5) is 9.43. The fraction of sp³-hybridized carbons (Fsp3) is 0.682. The fourth-order valence-corrected chi connectivity index (χ4v) is 4.33. The van der Waals surface area contributed by atoms with E-state index in [9.17, 15) is 0 Å². The second kappa shape index (κ2) is 11.2. The van der Waals surface area contributed by atoms with Crippen molar-refractivity contribution in [1.29, 1.82) is 0 Å². The number of benzene rings is 1. The molecule has 0 saturated carbocycles. The molecule has 7 heteroatoms. The Hall–Kier alpha value is -1.22. The van der Waals surface area contributed by atoms with E-state index in [4.69, 9.17) is 4.74 Å². The summed E-state index contributed by atoms with van der Waals surface area (Å²) in [6.45, 7) is 12.2. The molecule has 2 fully saturated rings. The summed E-state index contributed by atoms with van der Waals surface area (Å²) < 4.78 is 5.53. The molecule has 0 radical (unpaired) electrons.